The van der Waals surface area contributed by atoms with E-state index in [4.69, 9.17) is 9.97 Å². The zero-order valence-corrected chi connectivity index (χ0v) is 33.8. The van der Waals surface area contributed by atoms with E-state index in [-0.39, 0.29) is 5.41 Å². The number of rotatable bonds is 6. The van der Waals surface area contributed by atoms with E-state index in [2.05, 4.69) is 218 Å². The van der Waals surface area contributed by atoms with Crippen molar-refractivity contribution in [3.63, 3.8) is 0 Å². The Hall–Kier alpha value is -7.56. The fraction of sp³-hybridized carbons (Fsp3) is 0.0714. The average Bonchev–Trinajstić information content (AvgIpc) is 3.81. The number of hydrogen-bond donors (Lipinski definition) is 0. The van der Waals surface area contributed by atoms with Crippen LogP contribution < -0.4 is 0 Å². The summed E-state index contributed by atoms with van der Waals surface area (Å²) >= 11 is 0. The molecule has 0 spiro atoms. The molecule has 0 unspecified atom stereocenters. The molecule has 0 saturated heterocycles. The van der Waals surface area contributed by atoms with E-state index in [9.17, 15) is 0 Å². The summed E-state index contributed by atoms with van der Waals surface area (Å²) in [5.41, 5.74) is 15.1. The predicted molar refractivity (Wildman–Crippen MR) is 251 cm³/mol. The second-order valence-electron chi connectivity index (χ2n) is 16.6. The van der Waals surface area contributed by atoms with E-state index in [0.717, 1.165) is 72.6 Å². The number of hydrogen-bond acceptors (Lipinski definition) is 2. The number of fused-ring (bicyclic) bond motifs is 6. The van der Waals surface area contributed by atoms with Gasteiger partial charge in [0.25, 0.3) is 0 Å². The minimum Gasteiger partial charge on any atom is -0.309 e. The molecule has 0 aliphatic rings. The lowest BCUT2D eigenvalue weighted by atomic mass is 9.86. The maximum absolute atomic E-state index is 5.44. The van der Waals surface area contributed by atoms with Crippen LogP contribution in [0.5, 0.6) is 0 Å². The molecule has 0 saturated carbocycles. The molecule has 4 heteroatoms. The minimum absolute atomic E-state index is 0.00363. The van der Waals surface area contributed by atoms with Crippen molar-refractivity contribution in [3.05, 3.63) is 206 Å². The minimum atomic E-state index is 0.00363. The molecule has 0 bridgehead atoms. The van der Waals surface area contributed by atoms with Crippen LogP contribution in [0, 0.1) is 0 Å². The molecule has 11 aromatic rings. The molecule has 0 aliphatic carbocycles. The lowest BCUT2D eigenvalue weighted by Crippen LogP contribution is -2.10. The summed E-state index contributed by atoms with van der Waals surface area (Å²) in [5.74, 6) is 0.686. The van der Waals surface area contributed by atoms with Gasteiger partial charge in [-0.3, -0.25) is 0 Å². The normalized spacial score (nSPS) is 11.9. The summed E-state index contributed by atoms with van der Waals surface area (Å²) in [7, 11) is 0. The molecule has 0 atom stereocenters. The van der Waals surface area contributed by atoms with Crippen molar-refractivity contribution >= 4 is 43.6 Å². The molecule has 4 nitrogen and oxygen atoms in total. The third-order valence-electron chi connectivity index (χ3n) is 11.9. The van der Waals surface area contributed by atoms with Crippen molar-refractivity contribution < 1.29 is 0 Å². The SMILES string of the molecule is CC(C)(C)c1ccc2c(c1)c1ccccc1n2-c1cccc(-c2cc(-c3ccccc3)nc(-c3ccccc3)n2)c1-c1ccccc1-n1c2ccccc2c2ccccc21. The van der Waals surface area contributed by atoms with Crippen molar-refractivity contribution in [2.45, 2.75) is 26.2 Å². The van der Waals surface area contributed by atoms with Gasteiger partial charge in [-0.2, -0.15) is 0 Å². The van der Waals surface area contributed by atoms with Gasteiger partial charge in [0.1, 0.15) is 0 Å². The Balaban J connectivity index is 1.28. The third kappa shape index (κ3) is 5.83. The average molecular weight is 771 g/mol. The van der Waals surface area contributed by atoms with Crippen LogP contribution in [0.3, 0.4) is 0 Å². The highest BCUT2D eigenvalue weighted by Crippen LogP contribution is 2.45. The van der Waals surface area contributed by atoms with E-state index in [1.54, 1.807) is 0 Å². The molecule has 8 aromatic carbocycles. The molecule has 60 heavy (non-hydrogen) atoms. The molecule has 3 heterocycles. The lowest BCUT2D eigenvalue weighted by molar-refractivity contribution is 0.591. The van der Waals surface area contributed by atoms with E-state index in [0.29, 0.717) is 5.82 Å². The fourth-order valence-corrected chi connectivity index (χ4v) is 9.04. The fourth-order valence-electron chi connectivity index (χ4n) is 9.04. The summed E-state index contributed by atoms with van der Waals surface area (Å²) in [6.45, 7) is 6.86. The van der Waals surface area contributed by atoms with Gasteiger partial charge in [-0.05, 0) is 59.5 Å². The quantitative estimate of drug-likeness (QED) is 0.169. The predicted octanol–water partition coefficient (Wildman–Crippen LogP) is 14.6. The van der Waals surface area contributed by atoms with Crippen LogP contribution in [0.4, 0.5) is 0 Å². The van der Waals surface area contributed by atoms with Gasteiger partial charge in [0, 0.05) is 49.4 Å². The summed E-state index contributed by atoms with van der Waals surface area (Å²) in [5, 5.41) is 4.92. The van der Waals surface area contributed by atoms with Gasteiger partial charge in [0.05, 0.1) is 44.8 Å². The van der Waals surface area contributed by atoms with Gasteiger partial charge in [-0.1, -0.05) is 172 Å². The second-order valence-corrected chi connectivity index (χ2v) is 16.6. The molecule has 0 amide bonds. The number of aromatic nitrogens is 4. The van der Waals surface area contributed by atoms with E-state index in [1.165, 1.54) is 27.1 Å². The van der Waals surface area contributed by atoms with Gasteiger partial charge in [-0.25, -0.2) is 9.97 Å². The highest BCUT2D eigenvalue weighted by atomic mass is 15.0. The second kappa shape index (κ2) is 14.1. The zero-order chi connectivity index (χ0) is 40.4. The Bertz CT molecular complexity index is 3290. The van der Waals surface area contributed by atoms with E-state index >= 15 is 0 Å². The highest BCUT2D eigenvalue weighted by Gasteiger charge is 2.25. The maximum atomic E-state index is 5.44. The van der Waals surface area contributed by atoms with Crippen LogP contribution in [-0.4, -0.2) is 19.1 Å². The van der Waals surface area contributed by atoms with Crippen LogP contribution in [-0.2, 0) is 5.41 Å². The summed E-state index contributed by atoms with van der Waals surface area (Å²) in [6, 6.07) is 71.8. The highest BCUT2D eigenvalue weighted by molar-refractivity contribution is 6.12. The standard InChI is InChI=1S/C56H42N4/c1-56(2,3)39-33-34-52-45(35-39)42-25-12-16-30-50(42)60(52)53-32-18-27-43(47-36-46(37-19-6-4-7-20-37)57-55(58-47)38-21-8-5-9-22-38)54(53)44-26-13-17-31-51(44)59-48-28-14-10-23-40(48)41-24-11-15-29-49(41)59/h4-36H,1-3H3. The van der Waals surface area contributed by atoms with Crippen molar-refractivity contribution in [1.82, 2.24) is 19.1 Å². The van der Waals surface area contributed by atoms with Gasteiger partial charge < -0.3 is 9.13 Å². The molecule has 286 valence electrons. The number of benzene rings is 8. The van der Waals surface area contributed by atoms with Crippen molar-refractivity contribution in [3.8, 4) is 56.4 Å². The molecule has 11 rings (SSSR count). The Kier molecular flexibility index (Phi) is 8.35. The summed E-state index contributed by atoms with van der Waals surface area (Å²) in [4.78, 5) is 10.6. The molecule has 0 fully saturated rings. The first-order valence-electron chi connectivity index (χ1n) is 20.7. The molecule has 0 N–H and O–H groups in total. The molecule has 0 aliphatic heterocycles. The van der Waals surface area contributed by atoms with Gasteiger partial charge in [-0.15, -0.1) is 0 Å². The van der Waals surface area contributed by atoms with Crippen LogP contribution in [0.2, 0.25) is 0 Å². The molecular formula is C56H42N4. The topological polar surface area (TPSA) is 35.6 Å². The van der Waals surface area contributed by atoms with Crippen LogP contribution in [0.25, 0.3) is 100 Å². The number of nitrogens with zero attached hydrogens (tertiary/aromatic N) is 4. The maximum Gasteiger partial charge on any atom is 0.160 e. The van der Waals surface area contributed by atoms with Gasteiger partial charge >= 0.3 is 0 Å². The Morgan fingerprint density at radius 3 is 1.50 bits per heavy atom. The summed E-state index contributed by atoms with van der Waals surface area (Å²) in [6.07, 6.45) is 0. The summed E-state index contributed by atoms with van der Waals surface area (Å²) < 4.78 is 4.91. The number of para-hydroxylation sites is 4. The molecule has 0 radical (unpaired) electrons. The van der Waals surface area contributed by atoms with Gasteiger partial charge in [0.2, 0.25) is 0 Å². The smallest absolute Gasteiger partial charge is 0.160 e. The van der Waals surface area contributed by atoms with Crippen LogP contribution in [0.1, 0.15) is 26.3 Å². The van der Waals surface area contributed by atoms with Crippen LogP contribution in [0.15, 0.2) is 200 Å². The zero-order valence-electron chi connectivity index (χ0n) is 33.8. The van der Waals surface area contributed by atoms with Crippen molar-refractivity contribution in [2.75, 3.05) is 0 Å². The van der Waals surface area contributed by atoms with Crippen molar-refractivity contribution in [1.29, 1.82) is 0 Å². The van der Waals surface area contributed by atoms with E-state index < -0.39 is 0 Å². The molecular weight excluding hydrogens is 729 g/mol. The first kappa shape index (κ1) is 35.6. The first-order valence-corrected chi connectivity index (χ1v) is 20.7. The monoisotopic (exact) mass is 770 g/mol. The Labute approximate surface area is 349 Å². The van der Waals surface area contributed by atoms with Crippen LogP contribution >= 0.6 is 0 Å². The first-order chi connectivity index (χ1) is 29.4. The van der Waals surface area contributed by atoms with Crippen molar-refractivity contribution in [2.24, 2.45) is 0 Å². The van der Waals surface area contributed by atoms with Gasteiger partial charge in [0.15, 0.2) is 5.82 Å². The third-order valence-corrected chi connectivity index (χ3v) is 11.9. The largest absolute Gasteiger partial charge is 0.309 e. The Morgan fingerprint density at radius 2 is 0.850 bits per heavy atom. The Morgan fingerprint density at radius 1 is 0.367 bits per heavy atom. The lowest BCUT2D eigenvalue weighted by Gasteiger charge is -2.22. The van der Waals surface area contributed by atoms with E-state index in [1.807, 2.05) is 12.1 Å². The molecule has 3 aromatic heterocycles.